The van der Waals surface area contributed by atoms with Crippen LogP contribution in [0.5, 0.6) is 0 Å². The van der Waals surface area contributed by atoms with Gasteiger partial charge in [0, 0.05) is 24.3 Å². The second-order valence-electron chi connectivity index (χ2n) is 7.54. The largest absolute Gasteiger partial charge is 0.298 e. The molecule has 0 amide bonds. The number of ketones is 6. The zero-order valence-corrected chi connectivity index (χ0v) is 14.4. The molecule has 0 saturated heterocycles. The molecular weight excluding hydrogens is 312 g/mol. The van der Waals surface area contributed by atoms with E-state index in [0.29, 0.717) is 5.57 Å². The molecule has 0 spiro atoms. The molecule has 24 heavy (non-hydrogen) atoms. The molecule has 0 radical (unpaired) electrons. The number of hydrogen-bond acceptors (Lipinski definition) is 6. The van der Waals surface area contributed by atoms with E-state index in [4.69, 9.17) is 0 Å². The molecular formula is C18H20O6. The molecule has 2 rings (SSSR count). The second-order valence-corrected chi connectivity index (χ2v) is 7.54. The lowest BCUT2D eigenvalue weighted by Crippen LogP contribution is -2.49. The second kappa shape index (κ2) is 5.40. The normalized spacial score (nSPS) is 29.1. The van der Waals surface area contributed by atoms with Gasteiger partial charge in [-0.25, -0.2) is 0 Å². The van der Waals surface area contributed by atoms with Gasteiger partial charge in [0.2, 0.25) is 17.3 Å². The molecule has 2 fully saturated rings. The first-order chi connectivity index (χ1) is 10.8. The van der Waals surface area contributed by atoms with Crippen LogP contribution in [-0.2, 0) is 28.8 Å². The summed E-state index contributed by atoms with van der Waals surface area (Å²) < 4.78 is 0. The summed E-state index contributed by atoms with van der Waals surface area (Å²) in [5, 5.41) is 0. The Bertz CT molecular complexity index is 747. The molecule has 128 valence electrons. The SMILES string of the molecule is CC(=C1CC(=O)C(=O)C(C)(C)C1=O)C1CC(=O)C(=O)C(C)(C)C1=O. The highest BCUT2D eigenvalue weighted by atomic mass is 16.2. The van der Waals surface area contributed by atoms with Gasteiger partial charge >= 0.3 is 0 Å². The topological polar surface area (TPSA) is 102 Å². The van der Waals surface area contributed by atoms with Gasteiger partial charge in [-0.05, 0) is 34.6 Å². The lowest BCUT2D eigenvalue weighted by Gasteiger charge is -2.34. The molecule has 2 aliphatic rings. The van der Waals surface area contributed by atoms with Crippen molar-refractivity contribution in [3.63, 3.8) is 0 Å². The minimum atomic E-state index is -1.47. The fourth-order valence-electron chi connectivity index (χ4n) is 3.30. The molecule has 2 saturated carbocycles. The predicted octanol–water partition coefficient (Wildman–Crippen LogP) is 1.19. The van der Waals surface area contributed by atoms with Gasteiger partial charge in [-0.15, -0.1) is 0 Å². The molecule has 0 aromatic rings. The van der Waals surface area contributed by atoms with Crippen LogP contribution in [0.2, 0.25) is 0 Å². The van der Waals surface area contributed by atoms with E-state index in [0.717, 1.165) is 0 Å². The quantitative estimate of drug-likeness (QED) is 0.406. The molecule has 6 heteroatoms. The molecule has 1 unspecified atom stereocenters. The first kappa shape index (κ1) is 18.1. The minimum Gasteiger partial charge on any atom is -0.298 e. The molecule has 1 atom stereocenters. The van der Waals surface area contributed by atoms with Gasteiger partial charge in [0.25, 0.3) is 0 Å². The lowest BCUT2D eigenvalue weighted by molar-refractivity contribution is -0.152. The van der Waals surface area contributed by atoms with Crippen molar-refractivity contribution < 1.29 is 28.8 Å². The van der Waals surface area contributed by atoms with Gasteiger partial charge in [-0.2, -0.15) is 0 Å². The van der Waals surface area contributed by atoms with Gasteiger partial charge in [-0.3, -0.25) is 28.8 Å². The third kappa shape index (κ3) is 2.41. The average Bonchev–Trinajstić information content (AvgIpc) is 2.51. The van der Waals surface area contributed by atoms with Crippen LogP contribution >= 0.6 is 0 Å². The van der Waals surface area contributed by atoms with Crippen LogP contribution in [0.25, 0.3) is 0 Å². The van der Waals surface area contributed by atoms with E-state index < -0.39 is 51.4 Å². The zero-order valence-electron chi connectivity index (χ0n) is 14.4. The number of carbonyl (C=O) groups excluding carboxylic acids is 6. The van der Waals surface area contributed by atoms with Crippen molar-refractivity contribution in [3.8, 4) is 0 Å². The van der Waals surface area contributed by atoms with E-state index in [9.17, 15) is 28.8 Å². The van der Waals surface area contributed by atoms with Crippen LogP contribution < -0.4 is 0 Å². The van der Waals surface area contributed by atoms with E-state index >= 15 is 0 Å². The number of carbonyl (C=O) groups is 6. The van der Waals surface area contributed by atoms with Gasteiger partial charge in [0.05, 0.1) is 10.8 Å². The molecule has 0 aliphatic heterocycles. The standard InChI is InChI=1S/C18H20O6/c1-8(9-6-11(19)15(23)17(2,3)13(9)21)10-7-12(20)16(24)18(4,5)14(10)22/h9H,6-7H2,1-5H3. The maximum absolute atomic E-state index is 12.6. The first-order valence-corrected chi connectivity index (χ1v) is 7.77. The fourth-order valence-corrected chi connectivity index (χ4v) is 3.30. The summed E-state index contributed by atoms with van der Waals surface area (Å²) in [6, 6.07) is 0. The Hall–Kier alpha value is -2.24. The summed E-state index contributed by atoms with van der Waals surface area (Å²) in [5.41, 5.74) is -2.50. The highest BCUT2D eigenvalue weighted by Gasteiger charge is 2.51. The number of allylic oxidation sites excluding steroid dienone is 2. The van der Waals surface area contributed by atoms with Crippen molar-refractivity contribution >= 4 is 34.7 Å². The van der Waals surface area contributed by atoms with Crippen molar-refractivity contribution in [3.05, 3.63) is 11.1 Å². The third-order valence-electron chi connectivity index (χ3n) is 5.14. The maximum Gasteiger partial charge on any atom is 0.212 e. The highest BCUT2D eigenvalue weighted by Crippen LogP contribution is 2.39. The van der Waals surface area contributed by atoms with Crippen LogP contribution in [0.4, 0.5) is 0 Å². The van der Waals surface area contributed by atoms with Crippen LogP contribution in [0.3, 0.4) is 0 Å². The van der Waals surface area contributed by atoms with Crippen molar-refractivity contribution in [1.82, 2.24) is 0 Å². The van der Waals surface area contributed by atoms with Crippen molar-refractivity contribution in [2.45, 2.75) is 47.5 Å². The van der Waals surface area contributed by atoms with Gasteiger partial charge < -0.3 is 0 Å². The Morgan fingerprint density at radius 3 is 1.83 bits per heavy atom. The van der Waals surface area contributed by atoms with Crippen molar-refractivity contribution in [2.75, 3.05) is 0 Å². The van der Waals surface area contributed by atoms with Gasteiger partial charge in [0.15, 0.2) is 17.3 Å². The molecule has 6 nitrogen and oxygen atoms in total. The Morgan fingerprint density at radius 2 is 1.29 bits per heavy atom. The number of Topliss-reactive ketones (excluding diaryl/α,β-unsaturated/α-hetero) is 6. The molecule has 0 bridgehead atoms. The maximum atomic E-state index is 12.6. The van der Waals surface area contributed by atoms with Crippen LogP contribution in [0.15, 0.2) is 11.1 Å². The summed E-state index contributed by atoms with van der Waals surface area (Å²) >= 11 is 0. The van der Waals surface area contributed by atoms with Gasteiger partial charge in [0.1, 0.15) is 0 Å². The van der Waals surface area contributed by atoms with E-state index in [1.165, 1.54) is 34.6 Å². The predicted molar refractivity (Wildman–Crippen MR) is 83.0 cm³/mol. The molecule has 0 heterocycles. The number of hydrogen-bond donors (Lipinski definition) is 0. The average molecular weight is 332 g/mol. The summed E-state index contributed by atoms with van der Waals surface area (Å²) in [6.07, 6.45) is -0.661. The summed E-state index contributed by atoms with van der Waals surface area (Å²) in [4.78, 5) is 72.9. The Morgan fingerprint density at radius 1 is 0.792 bits per heavy atom. The lowest BCUT2D eigenvalue weighted by atomic mass is 9.64. The van der Waals surface area contributed by atoms with Gasteiger partial charge in [-0.1, -0.05) is 5.57 Å². The van der Waals surface area contributed by atoms with E-state index in [1.54, 1.807) is 0 Å². The fraction of sp³-hybridized carbons (Fsp3) is 0.556. The number of rotatable bonds is 1. The van der Waals surface area contributed by atoms with Crippen LogP contribution in [0, 0.1) is 16.7 Å². The van der Waals surface area contributed by atoms with Crippen molar-refractivity contribution in [2.24, 2.45) is 16.7 Å². The Kier molecular flexibility index (Phi) is 4.07. The van der Waals surface area contributed by atoms with E-state index in [1.807, 2.05) is 0 Å². The molecule has 0 aromatic carbocycles. The summed E-state index contributed by atoms with van der Waals surface area (Å²) in [6.45, 7) is 7.06. The van der Waals surface area contributed by atoms with E-state index in [-0.39, 0.29) is 18.4 Å². The zero-order chi connectivity index (χ0) is 18.6. The first-order valence-electron chi connectivity index (χ1n) is 7.77. The Labute approximate surface area is 139 Å². The molecule has 2 aliphatic carbocycles. The molecule has 0 N–H and O–H groups in total. The third-order valence-corrected chi connectivity index (χ3v) is 5.14. The van der Waals surface area contributed by atoms with Crippen LogP contribution in [-0.4, -0.2) is 34.7 Å². The molecule has 0 aromatic heterocycles. The smallest absolute Gasteiger partial charge is 0.212 e. The highest BCUT2D eigenvalue weighted by molar-refractivity contribution is 6.48. The van der Waals surface area contributed by atoms with Crippen molar-refractivity contribution in [1.29, 1.82) is 0 Å². The summed E-state index contributed by atoms with van der Waals surface area (Å²) in [5.74, 6) is -4.67. The van der Waals surface area contributed by atoms with Crippen LogP contribution in [0.1, 0.15) is 47.5 Å². The van der Waals surface area contributed by atoms with E-state index in [2.05, 4.69) is 0 Å². The monoisotopic (exact) mass is 332 g/mol. The summed E-state index contributed by atoms with van der Waals surface area (Å²) in [7, 11) is 0. The minimum absolute atomic E-state index is 0.112. The Balaban J connectivity index is 2.54.